The summed E-state index contributed by atoms with van der Waals surface area (Å²) in [4.78, 5) is 66.5. The standard InChI is InChI=1S/C91H171O25P/c1-7-11-15-19-23-25-27-29-31-33-35-45-54-62-75(94)108-68-73-79(98)81(100)85(104)91(112-73)115-88-86(113-77(96)64-56-48-40-38-44-52-60-70(6)58-50-42-22-18-14-10-4)82(101)83(102)87(114-90-84(103)80(99)78(97)72(65-92)111-90)89(88)116-117(105,106)109-67-71(110-76(95)63-55-47-36-34-32-30-28-26-24-20-16-12-8-2)66-107-74(93)61-53-46-39-37-43-51-59-69(5)57-49-41-21-17-13-9-3/h69-73,78-92,97-104H,7-68H2,1-6H3,(H,105,106). The van der Waals surface area contributed by atoms with E-state index in [1.807, 2.05) is 0 Å². The van der Waals surface area contributed by atoms with Gasteiger partial charge >= 0.3 is 31.7 Å². The fourth-order valence-corrected chi connectivity index (χ4v) is 17.1. The number of carbonyl (C=O) groups excluding carboxylic acids is 4. The number of phosphoric acid groups is 1. The lowest BCUT2D eigenvalue weighted by atomic mass is 9.84. The molecular formula is C91H171O25P. The van der Waals surface area contributed by atoms with Crippen molar-refractivity contribution in [2.45, 2.75) is 518 Å². The molecule has 10 N–H and O–H groups in total. The number of hydrogen-bond donors (Lipinski definition) is 10. The van der Waals surface area contributed by atoms with Crippen molar-refractivity contribution < 1.29 is 122 Å². The number of hydrogen-bond acceptors (Lipinski definition) is 24. The van der Waals surface area contributed by atoms with Gasteiger partial charge in [0.1, 0.15) is 92.6 Å². The van der Waals surface area contributed by atoms with Crippen molar-refractivity contribution in [3.05, 3.63) is 0 Å². The third kappa shape index (κ3) is 49.7. The zero-order valence-corrected chi connectivity index (χ0v) is 74.7. The van der Waals surface area contributed by atoms with Crippen LogP contribution in [0.3, 0.4) is 0 Å². The fourth-order valence-electron chi connectivity index (χ4n) is 16.2. The van der Waals surface area contributed by atoms with Crippen molar-refractivity contribution >= 4 is 31.7 Å². The molecule has 2 saturated heterocycles. The van der Waals surface area contributed by atoms with Gasteiger partial charge in [-0.05, 0) is 37.5 Å². The van der Waals surface area contributed by atoms with Crippen LogP contribution in [0.1, 0.15) is 414 Å². The van der Waals surface area contributed by atoms with Gasteiger partial charge in [-0.1, -0.05) is 363 Å². The zero-order chi connectivity index (χ0) is 85.7. The lowest BCUT2D eigenvalue weighted by Crippen LogP contribution is -2.70. The maximum absolute atomic E-state index is 14.9. The second-order valence-corrected chi connectivity index (χ2v) is 36.2. The van der Waals surface area contributed by atoms with Gasteiger partial charge in [0.15, 0.2) is 24.8 Å². The maximum Gasteiger partial charge on any atom is 0.472 e. The van der Waals surface area contributed by atoms with E-state index in [1.54, 1.807) is 0 Å². The number of ether oxygens (including phenoxy) is 8. The molecule has 1 aliphatic carbocycles. The number of esters is 4. The number of aliphatic hydroxyl groups excluding tert-OH is 9. The lowest BCUT2D eigenvalue weighted by Gasteiger charge is -2.50. The van der Waals surface area contributed by atoms with Crippen molar-refractivity contribution in [2.24, 2.45) is 11.8 Å². The van der Waals surface area contributed by atoms with Crippen LogP contribution >= 0.6 is 7.82 Å². The third-order valence-electron chi connectivity index (χ3n) is 23.9. The average molecular weight is 1700 g/mol. The second-order valence-electron chi connectivity index (χ2n) is 34.8. The first-order valence-corrected chi connectivity index (χ1v) is 49.0. The highest BCUT2D eigenvalue weighted by atomic mass is 31.2. The van der Waals surface area contributed by atoms with Crippen LogP contribution in [0, 0.1) is 11.8 Å². The van der Waals surface area contributed by atoms with Gasteiger partial charge in [0.25, 0.3) is 0 Å². The molecule has 690 valence electrons. The summed E-state index contributed by atoms with van der Waals surface area (Å²) in [6, 6.07) is 0. The molecule has 0 radical (unpaired) electrons. The van der Waals surface area contributed by atoms with Gasteiger partial charge in [0, 0.05) is 25.7 Å². The Hall–Kier alpha value is -2.53. The monoisotopic (exact) mass is 1700 g/mol. The number of phosphoric ester groups is 1. The predicted molar refractivity (Wildman–Crippen MR) is 453 cm³/mol. The Bertz CT molecular complexity index is 2470. The molecule has 0 spiro atoms. The van der Waals surface area contributed by atoms with E-state index in [0.717, 1.165) is 128 Å². The van der Waals surface area contributed by atoms with Gasteiger partial charge in [-0.15, -0.1) is 0 Å². The molecule has 20 atom stereocenters. The van der Waals surface area contributed by atoms with Crippen molar-refractivity contribution in [1.29, 1.82) is 0 Å². The summed E-state index contributed by atoms with van der Waals surface area (Å²) < 4.78 is 73.5. The van der Waals surface area contributed by atoms with Gasteiger partial charge < -0.3 is 88.7 Å². The quantitative estimate of drug-likeness (QED) is 0.0117. The molecule has 0 aromatic carbocycles. The van der Waals surface area contributed by atoms with Gasteiger partial charge in [-0.25, -0.2) is 4.57 Å². The number of aliphatic hydroxyl groups is 9. The molecule has 117 heavy (non-hydrogen) atoms. The first-order chi connectivity index (χ1) is 56.5. The summed E-state index contributed by atoms with van der Waals surface area (Å²) in [5, 5.41) is 102. The molecule has 2 aliphatic heterocycles. The van der Waals surface area contributed by atoms with Crippen LogP contribution in [-0.4, -0.2) is 205 Å². The molecule has 0 aromatic heterocycles. The van der Waals surface area contributed by atoms with Crippen LogP contribution in [-0.2, 0) is 70.7 Å². The Balaban J connectivity index is 1.93. The largest absolute Gasteiger partial charge is 0.472 e. The number of rotatable bonds is 76. The van der Waals surface area contributed by atoms with Crippen molar-refractivity contribution in [3.63, 3.8) is 0 Å². The minimum absolute atomic E-state index is 0.0188. The Labute approximate surface area is 706 Å². The van der Waals surface area contributed by atoms with Crippen LogP contribution in [0.5, 0.6) is 0 Å². The predicted octanol–water partition coefficient (Wildman–Crippen LogP) is 17.5. The van der Waals surface area contributed by atoms with Crippen LogP contribution in [0.15, 0.2) is 0 Å². The summed E-state index contributed by atoms with van der Waals surface area (Å²) >= 11 is 0. The molecule has 0 amide bonds. The average Bonchev–Trinajstić information content (AvgIpc) is 0.754. The normalized spacial score (nSPS) is 25.5. The smallest absolute Gasteiger partial charge is 0.463 e. The Morgan fingerprint density at radius 1 is 0.333 bits per heavy atom. The molecule has 26 heteroatoms. The number of carbonyl (C=O) groups is 4. The Morgan fingerprint density at radius 2 is 0.641 bits per heavy atom. The maximum atomic E-state index is 14.9. The molecule has 3 rings (SSSR count). The molecule has 0 aromatic rings. The first kappa shape index (κ1) is 109. The summed E-state index contributed by atoms with van der Waals surface area (Å²) in [5.74, 6) is -1.63. The Kier molecular flexibility index (Phi) is 63.9. The molecule has 3 aliphatic rings. The first-order valence-electron chi connectivity index (χ1n) is 47.6. The van der Waals surface area contributed by atoms with Gasteiger partial charge in [-0.3, -0.25) is 28.2 Å². The van der Waals surface area contributed by atoms with Gasteiger partial charge in [0.2, 0.25) is 0 Å². The highest BCUT2D eigenvalue weighted by molar-refractivity contribution is 7.47. The highest BCUT2D eigenvalue weighted by Gasteiger charge is 2.60. The Morgan fingerprint density at radius 3 is 1.02 bits per heavy atom. The van der Waals surface area contributed by atoms with Crippen LogP contribution < -0.4 is 0 Å². The lowest BCUT2D eigenvalue weighted by molar-refractivity contribution is -0.360. The summed E-state index contributed by atoms with van der Waals surface area (Å²) in [5.41, 5.74) is 0. The van der Waals surface area contributed by atoms with E-state index < -0.39 is 162 Å². The highest BCUT2D eigenvalue weighted by Crippen LogP contribution is 2.49. The van der Waals surface area contributed by atoms with Gasteiger partial charge in [-0.2, -0.15) is 0 Å². The van der Waals surface area contributed by atoms with Crippen molar-refractivity contribution in [2.75, 3.05) is 26.4 Å². The van der Waals surface area contributed by atoms with Crippen LogP contribution in [0.25, 0.3) is 0 Å². The SMILES string of the molecule is CCCCCCCCCCCCCCCC(=O)OCC1OC(OC2C(OC(=O)CCCCCCCCC(C)CCCCCCCC)C(O)C(O)C(OC3OC(CO)C(O)C(O)C3O)C2OP(=O)(O)OCC(COC(=O)CCCCCCCCC(C)CCCCCCCC)OC(=O)CCCCCCCCCCCCCCC)C(O)C(O)C1O. The number of unbranched alkanes of at least 4 members (excludes halogenated alkanes) is 44. The molecule has 20 unspecified atom stereocenters. The minimum Gasteiger partial charge on any atom is -0.463 e. The second kappa shape index (κ2) is 68.8. The van der Waals surface area contributed by atoms with E-state index in [1.165, 1.54) is 186 Å². The molecule has 25 nitrogen and oxygen atoms in total. The zero-order valence-electron chi connectivity index (χ0n) is 73.9. The molecule has 3 fully saturated rings. The molecule has 1 saturated carbocycles. The van der Waals surface area contributed by atoms with E-state index in [2.05, 4.69) is 41.5 Å². The molecule has 0 bridgehead atoms. The molecule has 2 heterocycles. The van der Waals surface area contributed by atoms with E-state index in [-0.39, 0.29) is 25.7 Å². The van der Waals surface area contributed by atoms with E-state index in [4.69, 9.17) is 46.9 Å². The van der Waals surface area contributed by atoms with Crippen molar-refractivity contribution in [3.8, 4) is 0 Å². The minimum atomic E-state index is -5.81. The molecular weight excluding hydrogens is 1520 g/mol. The topological polar surface area (TPSA) is 380 Å². The van der Waals surface area contributed by atoms with E-state index in [0.29, 0.717) is 43.9 Å². The summed E-state index contributed by atoms with van der Waals surface area (Å²) in [7, 11) is -5.81. The summed E-state index contributed by atoms with van der Waals surface area (Å²) in [6.45, 7) is 10.2. The summed E-state index contributed by atoms with van der Waals surface area (Å²) in [6.07, 6.45) is 22.5. The van der Waals surface area contributed by atoms with E-state index >= 15 is 0 Å². The van der Waals surface area contributed by atoms with Gasteiger partial charge in [0.05, 0.1) is 13.2 Å². The fraction of sp³-hybridized carbons (Fsp3) is 0.956. The van der Waals surface area contributed by atoms with Crippen LogP contribution in [0.2, 0.25) is 0 Å². The van der Waals surface area contributed by atoms with Crippen molar-refractivity contribution in [1.82, 2.24) is 0 Å². The third-order valence-corrected chi connectivity index (χ3v) is 24.9. The van der Waals surface area contributed by atoms with Crippen LogP contribution in [0.4, 0.5) is 0 Å². The van der Waals surface area contributed by atoms with E-state index in [9.17, 15) is 74.6 Å².